The number of nitrogens with one attached hydrogen (secondary N) is 2. The normalized spacial score (nSPS) is 31.0. The van der Waals surface area contributed by atoms with E-state index in [0.29, 0.717) is 19.7 Å². The lowest BCUT2D eigenvalue weighted by Crippen LogP contribution is -2.54. The summed E-state index contributed by atoms with van der Waals surface area (Å²) < 4.78 is 24.7. The summed E-state index contributed by atoms with van der Waals surface area (Å²) in [6.07, 6.45) is -0.811. The Hall–Kier alpha value is -1.41. The van der Waals surface area contributed by atoms with Gasteiger partial charge >= 0.3 is 6.09 Å². The molecule has 2 heterocycles. The number of nitrogens with zero attached hydrogens (tertiary/aromatic N) is 1. The second-order valence-electron chi connectivity index (χ2n) is 6.10. The van der Waals surface area contributed by atoms with Gasteiger partial charge in [-0.1, -0.05) is 13.3 Å². The number of halogens is 1. The van der Waals surface area contributed by atoms with Crippen LogP contribution >= 0.6 is 0 Å². The molecule has 2 amide bonds. The molecule has 2 saturated heterocycles. The van der Waals surface area contributed by atoms with Crippen molar-refractivity contribution in [3.8, 4) is 0 Å². The molecule has 7 nitrogen and oxygen atoms in total. The van der Waals surface area contributed by atoms with Crippen molar-refractivity contribution < 1.29 is 23.5 Å². The first-order valence-electron chi connectivity index (χ1n) is 8.23. The number of carbonyl (C=O) groups excluding carboxylic acids is 2. The third kappa shape index (κ3) is 5.04. The van der Waals surface area contributed by atoms with E-state index in [4.69, 9.17) is 9.47 Å². The van der Waals surface area contributed by atoms with Gasteiger partial charge in [0.2, 0.25) is 0 Å². The zero-order valence-electron chi connectivity index (χ0n) is 13.7. The molecule has 2 rings (SSSR count). The highest BCUT2D eigenvalue weighted by Crippen LogP contribution is 2.16. The van der Waals surface area contributed by atoms with Gasteiger partial charge in [0.15, 0.2) is 0 Å². The summed E-state index contributed by atoms with van der Waals surface area (Å²) in [5.41, 5.74) is 0. The molecule has 2 aliphatic rings. The molecule has 132 valence electrons. The van der Waals surface area contributed by atoms with Crippen LogP contribution < -0.4 is 10.6 Å². The highest BCUT2D eigenvalue weighted by molar-refractivity contribution is 5.81. The van der Waals surface area contributed by atoms with Crippen molar-refractivity contribution in [2.24, 2.45) is 0 Å². The van der Waals surface area contributed by atoms with Gasteiger partial charge in [-0.3, -0.25) is 4.79 Å². The minimum Gasteiger partial charge on any atom is -0.449 e. The van der Waals surface area contributed by atoms with E-state index in [9.17, 15) is 14.0 Å². The van der Waals surface area contributed by atoms with Gasteiger partial charge in [0.05, 0.1) is 25.3 Å². The Balaban J connectivity index is 1.79. The fourth-order valence-corrected chi connectivity index (χ4v) is 2.67. The number of unbranched alkanes of at least 4 members (excludes halogenated alkanes) is 1. The molecule has 0 spiro atoms. The van der Waals surface area contributed by atoms with Crippen LogP contribution in [0.25, 0.3) is 0 Å². The van der Waals surface area contributed by atoms with Gasteiger partial charge in [-0.15, -0.1) is 0 Å². The first-order chi connectivity index (χ1) is 11.0. The molecule has 0 aromatic carbocycles. The van der Waals surface area contributed by atoms with E-state index in [1.807, 2.05) is 13.8 Å². The Labute approximate surface area is 135 Å². The number of morpholine rings is 1. The molecule has 23 heavy (non-hydrogen) atoms. The maximum atomic E-state index is 14.1. The number of carbonyl (C=O) groups is 2. The Morgan fingerprint density at radius 1 is 1.39 bits per heavy atom. The minimum absolute atomic E-state index is 0.0594. The van der Waals surface area contributed by atoms with Crippen LogP contribution in [0, 0.1) is 0 Å². The predicted molar refractivity (Wildman–Crippen MR) is 81.9 cm³/mol. The molecule has 0 aromatic heterocycles. The number of rotatable bonds is 5. The van der Waals surface area contributed by atoms with E-state index in [1.54, 1.807) is 0 Å². The zero-order chi connectivity index (χ0) is 16.8. The monoisotopic (exact) mass is 331 g/mol. The first-order valence-corrected chi connectivity index (χ1v) is 8.23. The highest BCUT2D eigenvalue weighted by atomic mass is 19.1. The standard InChI is InChI=1S/C15H26FN3O4/c1-3-4-5-22-15(21)19-8-11(16)12(9-19)18-14(20)13-7-17-6-10(2)23-13/h10-13,17H,3-9H2,1-2H3,(H,18,20)/t10-,11?,12?,13-/m1/s1. The molecule has 2 fully saturated rings. The number of amides is 2. The maximum absolute atomic E-state index is 14.1. The van der Waals surface area contributed by atoms with E-state index in [-0.39, 0.29) is 25.1 Å². The molecule has 8 heteroatoms. The molecule has 4 atom stereocenters. The second kappa shape index (κ2) is 8.44. The molecular weight excluding hydrogens is 305 g/mol. The maximum Gasteiger partial charge on any atom is 0.409 e. The lowest BCUT2D eigenvalue weighted by atomic mass is 10.2. The Morgan fingerprint density at radius 3 is 2.87 bits per heavy atom. The number of hydrogen-bond acceptors (Lipinski definition) is 5. The third-order valence-corrected chi connectivity index (χ3v) is 4.01. The van der Waals surface area contributed by atoms with Gasteiger partial charge in [-0.25, -0.2) is 9.18 Å². The fourth-order valence-electron chi connectivity index (χ4n) is 2.67. The van der Waals surface area contributed by atoms with E-state index >= 15 is 0 Å². The summed E-state index contributed by atoms with van der Waals surface area (Å²) in [6.45, 7) is 5.35. The van der Waals surface area contributed by atoms with Gasteiger partial charge in [0.25, 0.3) is 5.91 Å². The van der Waals surface area contributed by atoms with Gasteiger partial charge in [0.1, 0.15) is 12.3 Å². The Morgan fingerprint density at radius 2 is 2.17 bits per heavy atom. The number of ether oxygens (including phenoxy) is 2. The molecule has 0 aromatic rings. The van der Waals surface area contributed by atoms with Gasteiger partial charge in [-0.2, -0.15) is 0 Å². The van der Waals surface area contributed by atoms with Crippen LogP contribution in [0.1, 0.15) is 26.7 Å². The first kappa shape index (κ1) is 17.9. The average molecular weight is 331 g/mol. The quantitative estimate of drug-likeness (QED) is 0.715. The molecule has 0 radical (unpaired) electrons. The van der Waals surface area contributed by atoms with Crippen LogP contribution in [0.3, 0.4) is 0 Å². The fraction of sp³-hybridized carbons (Fsp3) is 0.867. The number of likely N-dealkylation sites (tertiary alicyclic amines) is 1. The molecule has 2 unspecified atom stereocenters. The predicted octanol–water partition coefficient (Wildman–Crippen LogP) is 0.439. The van der Waals surface area contributed by atoms with E-state index < -0.39 is 24.4 Å². The lowest BCUT2D eigenvalue weighted by molar-refractivity contribution is -0.139. The van der Waals surface area contributed by atoms with Crippen molar-refractivity contribution >= 4 is 12.0 Å². The molecular formula is C15H26FN3O4. The highest BCUT2D eigenvalue weighted by Gasteiger charge is 2.38. The van der Waals surface area contributed by atoms with E-state index in [2.05, 4.69) is 10.6 Å². The van der Waals surface area contributed by atoms with Crippen molar-refractivity contribution in [1.29, 1.82) is 0 Å². The topological polar surface area (TPSA) is 79.9 Å². The molecule has 0 saturated carbocycles. The largest absolute Gasteiger partial charge is 0.449 e. The Bertz CT molecular complexity index is 424. The van der Waals surface area contributed by atoms with Crippen LogP contribution in [0.15, 0.2) is 0 Å². The molecule has 0 aliphatic carbocycles. The second-order valence-corrected chi connectivity index (χ2v) is 6.10. The number of alkyl halides is 1. The van der Waals surface area contributed by atoms with Crippen molar-refractivity contribution in [3.05, 3.63) is 0 Å². The molecule has 0 bridgehead atoms. The summed E-state index contributed by atoms with van der Waals surface area (Å²) in [5, 5.41) is 5.74. The van der Waals surface area contributed by atoms with E-state index in [1.165, 1.54) is 4.90 Å². The smallest absolute Gasteiger partial charge is 0.409 e. The van der Waals surface area contributed by atoms with Crippen molar-refractivity contribution in [3.63, 3.8) is 0 Å². The van der Waals surface area contributed by atoms with E-state index in [0.717, 1.165) is 12.8 Å². The van der Waals surface area contributed by atoms with Gasteiger partial charge in [-0.05, 0) is 13.3 Å². The van der Waals surface area contributed by atoms with Crippen LogP contribution in [-0.2, 0) is 14.3 Å². The van der Waals surface area contributed by atoms with Crippen molar-refractivity contribution in [2.45, 2.75) is 51.1 Å². The average Bonchev–Trinajstić information content (AvgIpc) is 2.88. The van der Waals surface area contributed by atoms with Crippen LogP contribution in [0.4, 0.5) is 9.18 Å². The summed E-state index contributed by atoms with van der Waals surface area (Å²) in [4.78, 5) is 25.3. The molecule has 2 N–H and O–H groups in total. The van der Waals surface area contributed by atoms with Crippen LogP contribution in [0.2, 0.25) is 0 Å². The Kier molecular flexibility index (Phi) is 6.59. The third-order valence-electron chi connectivity index (χ3n) is 4.01. The SMILES string of the molecule is CCCCOC(=O)N1CC(F)C(NC(=O)[C@H]2CNC[C@@H](C)O2)C1. The van der Waals surface area contributed by atoms with Crippen LogP contribution in [-0.4, -0.2) is 74.1 Å². The molecule has 2 aliphatic heterocycles. The summed E-state index contributed by atoms with van der Waals surface area (Å²) in [7, 11) is 0. The van der Waals surface area contributed by atoms with Crippen molar-refractivity contribution in [1.82, 2.24) is 15.5 Å². The van der Waals surface area contributed by atoms with Gasteiger partial charge < -0.3 is 25.0 Å². The lowest BCUT2D eigenvalue weighted by Gasteiger charge is -2.29. The summed E-state index contributed by atoms with van der Waals surface area (Å²) in [5.74, 6) is -0.349. The minimum atomic E-state index is -1.30. The zero-order valence-corrected chi connectivity index (χ0v) is 13.7. The van der Waals surface area contributed by atoms with Gasteiger partial charge in [0, 0.05) is 19.6 Å². The van der Waals surface area contributed by atoms with Crippen LogP contribution in [0.5, 0.6) is 0 Å². The van der Waals surface area contributed by atoms with Crippen molar-refractivity contribution in [2.75, 3.05) is 32.8 Å². The number of hydrogen-bond donors (Lipinski definition) is 2. The summed E-state index contributed by atoms with van der Waals surface area (Å²) >= 11 is 0. The summed E-state index contributed by atoms with van der Waals surface area (Å²) in [6, 6.07) is -0.720.